The highest BCUT2D eigenvalue weighted by Gasteiger charge is 2.23. The summed E-state index contributed by atoms with van der Waals surface area (Å²) in [5.74, 6) is 1.12. The van der Waals surface area contributed by atoms with Gasteiger partial charge in [-0.15, -0.1) is 0 Å². The summed E-state index contributed by atoms with van der Waals surface area (Å²) in [5.41, 5.74) is 1.59. The number of carbonyl (C=O) groups excluding carboxylic acids is 1. The van der Waals surface area contributed by atoms with Gasteiger partial charge >= 0.3 is 0 Å². The number of oxazole rings is 1. The quantitative estimate of drug-likeness (QED) is 0.770. The molecule has 1 amide bonds. The molecule has 1 aliphatic rings. The van der Waals surface area contributed by atoms with Crippen LogP contribution in [0.3, 0.4) is 0 Å². The van der Waals surface area contributed by atoms with E-state index in [1.54, 1.807) is 18.6 Å². The molecule has 4 rings (SSSR count). The summed E-state index contributed by atoms with van der Waals surface area (Å²) in [6.45, 7) is 0.376. The van der Waals surface area contributed by atoms with Crippen LogP contribution in [0.15, 0.2) is 41.5 Å². The minimum atomic E-state index is -0.0550. The summed E-state index contributed by atoms with van der Waals surface area (Å²) >= 11 is 0. The molecule has 3 aromatic heterocycles. The number of anilines is 1. The summed E-state index contributed by atoms with van der Waals surface area (Å²) in [7, 11) is 1.99. The summed E-state index contributed by atoms with van der Waals surface area (Å²) in [6, 6.07) is 4.30. The largest absolute Gasteiger partial charge is 0.443 e. The van der Waals surface area contributed by atoms with Crippen molar-refractivity contribution in [3.63, 3.8) is 0 Å². The molecule has 0 unspecified atom stereocenters. The van der Waals surface area contributed by atoms with Crippen LogP contribution in [0.5, 0.6) is 0 Å². The maximum absolute atomic E-state index is 12.2. The third kappa shape index (κ3) is 3.36. The maximum atomic E-state index is 12.2. The van der Waals surface area contributed by atoms with E-state index in [0.29, 0.717) is 24.2 Å². The predicted molar refractivity (Wildman–Crippen MR) is 93.9 cm³/mol. The van der Waals surface area contributed by atoms with Gasteiger partial charge in [-0.3, -0.25) is 14.7 Å². The highest BCUT2D eigenvalue weighted by Crippen LogP contribution is 2.24. The van der Waals surface area contributed by atoms with Crippen LogP contribution in [0.4, 0.5) is 5.82 Å². The lowest BCUT2D eigenvalue weighted by atomic mass is 9.92. The molecule has 1 fully saturated rings. The van der Waals surface area contributed by atoms with Crippen LogP contribution in [-0.4, -0.2) is 45.4 Å². The van der Waals surface area contributed by atoms with E-state index in [4.69, 9.17) is 4.42 Å². The first-order valence-electron chi connectivity index (χ1n) is 8.34. The predicted octanol–water partition coefficient (Wildman–Crippen LogP) is 2.71. The van der Waals surface area contributed by atoms with Gasteiger partial charge in [-0.1, -0.05) is 6.42 Å². The van der Waals surface area contributed by atoms with Crippen LogP contribution in [-0.2, 0) is 4.79 Å². The normalized spacial score (nSPS) is 14.6. The fourth-order valence-corrected chi connectivity index (χ4v) is 2.96. The summed E-state index contributed by atoms with van der Waals surface area (Å²) in [6.07, 6.45) is 10.0. The van der Waals surface area contributed by atoms with Gasteiger partial charge in [-0.05, 0) is 32.0 Å². The zero-order valence-electron chi connectivity index (χ0n) is 14.0. The van der Waals surface area contributed by atoms with E-state index in [1.165, 1.54) is 25.7 Å². The lowest BCUT2D eigenvalue weighted by molar-refractivity contribution is -0.117. The van der Waals surface area contributed by atoms with Crippen molar-refractivity contribution in [1.29, 1.82) is 0 Å². The number of likely N-dealkylation sites (N-methyl/N-ethyl adjacent to an activating group) is 1. The van der Waals surface area contributed by atoms with Gasteiger partial charge in [-0.25, -0.2) is 9.97 Å². The van der Waals surface area contributed by atoms with Crippen LogP contribution in [0.1, 0.15) is 19.3 Å². The van der Waals surface area contributed by atoms with E-state index < -0.39 is 0 Å². The molecule has 0 atom stereocenters. The molecule has 3 aromatic rings. The van der Waals surface area contributed by atoms with E-state index in [0.717, 1.165) is 16.5 Å². The van der Waals surface area contributed by atoms with Crippen LogP contribution in [0.25, 0.3) is 22.2 Å². The minimum absolute atomic E-state index is 0.0550. The molecule has 0 aliphatic heterocycles. The Bertz CT molecular complexity index is 890. The first-order chi connectivity index (χ1) is 12.2. The van der Waals surface area contributed by atoms with Gasteiger partial charge in [0.25, 0.3) is 0 Å². The van der Waals surface area contributed by atoms with Gasteiger partial charge < -0.3 is 9.73 Å². The van der Waals surface area contributed by atoms with Crippen LogP contribution in [0, 0.1) is 0 Å². The number of amides is 1. The smallest absolute Gasteiger partial charge is 0.239 e. The first kappa shape index (κ1) is 15.7. The topological polar surface area (TPSA) is 84.2 Å². The molecule has 0 bridgehead atoms. The number of rotatable bonds is 5. The molecule has 7 heteroatoms. The summed E-state index contributed by atoms with van der Waals surface area (Å²) < 4.78 is 5.30. The molecule has 7 nitrogen and oxygen atoms in total. The highest BCUT2D eigenvalue weighted by molar-refractivity contribution is 5.93. The molecular weight excluding hydrogens is 318 g/mol. The molecule has 25 heavy (non-hydrogen) atoms. The van der Waals surface area contributed by atoms with E-state index in [-0.39, 0.29) is 5.91 Å². The molecule has 1 aliphatic carbocycles. The summed E-state index contributed by atoms with van der Waals surface area (Å²) in [4.78, 5) is 26.9. The number of pyridine rings is 2. The van der Waals surface area contributed by atoms with E-state index in [2.05, 4.69) is 25.2 Å². The van der Waals surface area contributed by atoms with Gasteiger partial charge in [0.2, 0.25) is 5.91 Å². The molecule has 3 heterocycles. The number of hydrogen-bond donors (Lipinski definition) is 1. The monoisotopic (exact) mass is 337 g/mol. The molecular formula is C18H19N5O2. The summed E-state index contributed by atoms with van der Waals surface area (Å²) in [5, 5.41) is 3.75. The van der Waals surface area contributed by atoms with Crippen molar-refractivity contribution in [2.24, 2.45) is 0 Å². The lowest BCUT2D eigenvalue weighted by Crippen LogP contribution is -2.41. The Morgan fingerprint density at radius 2 is 2.16 bits per heavy atom. The Balaban J connectivity index is 1.50. The number of carbonyl (C=O) groups is 1. The Morgan fingerprint density at radius 3 is 2.88 bits per heavy atom. The molecule has 0 radical (unpaired) electrons. The second-order valence-corrected chi connectivity index (χ2v) is 6.40. The van der Waals surface area contributed by atoms with Gasteiger partial charge in [0.15, 0.2) is 12.2 Å². The van der Waals surface area contributed by atoms with E-state index in [9.17, 15) is 4.79 Å². The number of hydrogen-bond acceptors (Lipinski definition) is 6. The standard InChI is InChI=1S/C18H19N5O2/c1-23(14-3-2-4-14)10-18(24)22-17-6-12-5-13(16-9-19-11-25-16)7-20-15(12)8-21-17/h5-9,11,14H,2-4,10H2,1H3,(H,21,22,24). The van der Waals surface area contributed by atoms with Gasteiger partial charge in [-0.2, -0.15) is 0 Å². The number of fused-ring (bicyclic) bond motifs is 1. The number of nitrogens with one attached hydrogen (secondary N) is 1. The average Bonchev–Trinajstić information content (AvgIpc) is 3.06. The SMILES string of the molecule is CN(CC(=O)Nc1cc2cc(-c3cnco3)cnc2cn1)C1CCC1. The average molecular weight is 337 g/mol. The van der Waals surface area contributed by atoms with Gasteiger partial charge in [0.05, 0.1) is 24.5 Å². The lowest BCUT2D eigenvalue weighted by Gasteiger charge is -2.34. The van der Waals surface area contributed by atoms with Crippen LogP contribution >= 0.6 is 0 Å². The Morgan fingerprint density at radius 1 is 1.28 bits per heavy atom. The molecule has 0 saturated heterocycles. The van der Waals surface area contributed by atoms with Gasteiger partial charge in [0, 0.05) is 23.2 Å². The van der Waals surface area contributed by atoms with Crippen molar-refractivity contribution in [1.82, 2.24) is 19.9 Å². The van der Waals surface area contributed by atoms with E-state index >= 15 is 0 Å². The molecule has 1 N–H and O–H groups in total. The van der Waals surface area contributed by atoms with Crippen LogP contribution in [0.2, 0.25) is 0 Å². The number of nitrogens with zero attached hydrogens (tertiary/aromatic N) is 4. The second kappa shape index (κ2) is 6.60. The minimum Gasteiger partial charge on any atom is -0.443 e. The molecule has 0 aromatic carbocycles. The Labute approximate surface area is 145 Å². The zero-order valence-corrected chi connectivity index (χ0v) is 14.0. The van der Waals surface area contributed by atoms with Crippen molar-refractivity contribution < 1.29 is 9.21 Å². The van der Waals surface area contributed by atoms with Crippen molar-refractivity contribution in [3.8, 4) is 11.3 Å². The Kier molecular flexibility index (Phi) is 4.15. The first-order valence-corrected chi connectivity index (χ1v) is 8.34. The zero-order chi connectivity index (χ0) is 17.2. The third-order valence-electron chi connectivity index (χ3n) is 4.64. The Hall–Kier alpha value is -2.80. The van der Waals surface area contributed by atoms with Crippen molar-refractivity contribution >= 4 is 22.6 Å². The van der Waals surface area contributed by atoms with Crippen molar-refractivity contribution in [2.45, 2.75) is 25.3 Å². The number of aromatic nitrogens is 3. The van der Waals surface area contributed by atoms with Crippen molar-refractivity contribution in [3.05, 3.63) is 37.1 Å². The molecule has 1 saturated carbocycles. The van der Waals surface area contributed by atoms with Crippen molar-refractivity contribution in [2.75, 3.05) is 18.9 Å². The maximum Gasteiger partial charge on any atom is 0.239 e. The fourth-order valence-electron chi connectivity index (χ4n) is 2.96. The molecule has 128 valence electrons. The molecule has 0 spiro atoms. The highest BCUT2D eigenvalue weighted by atomic mass is 16.3. The fraction of sp³-hybridized carbons (Fsp3) is 0.333. The second-order valence-electron chi connectivity index (χ2n) is 6.40. The van der Waals surface area contributed by atoms with Gasteiger partial charge in [0.1, 0.15) is 5.82 Å². The third-order valence-corrected chi connectivity index (χ3v) is 4.64. The van der Waals surface area contributed by atoms with Crippen LogP contribution < -0.4 is 5.32 Å². The van der Waals surface area contributed by atoms with E-state index in [1.807, 2.05) is 19.2 Å².